The average Bonchev–Trinajstić information content (AvgIpc) is 2.50. The van der Waals surface area contributed by atoms with Gasteiger partial charge in [0.15, 0.2) is 0 Å². The van der Waals surface area contributed by atoms with E-state index in [2.05, 4.69) is 0 Å². The van der Waals surface area contributed by atoms with Gasteiger partial charge in [-0.2, -0.15) is 0 Å². The van der Waals surface area contributed by atoms with Crippen LogP contribution in [0.25, 0.3) is 11.1 Å². The number of ether oxygens (including phenoxy) is 2. The van der Waals surface area contributed by atoms with E-state index in [0.717, 1.165) is 6.07 Å². The second-order valence-corrected chi connectivity index (χ2v) is 6.47. The summed E-state index contributed by atoms with van der Waals surface area (Å²) in [6.07, 6.45) is -1.43. The van der Waals surface area contributed by atoms with Gasteiger partial charge in [-0.15, -0.1) is 0 Å². The Morgan fingerprint density at radius 1 is 1.25 bits per heavy atom. The van der Waals surface area contributed by atoms with Crippen LogP contribution in [0.2, 0.25) is 0 Å². The number of primary amides is 1. The Balaban J connectivity index is 2.04. The van der Waals surface area contributed by atoms with Crippen molar-refractivity contribution >= 4 is 6.09 Å². The van der Waals surface area contributed by atoms with Gasteiger partial charge < -0.3 is 15.2 Å². The van der Waals surface area contributed by atoms with Crippen molar-refractivity contribution in [3.8, 4) is 16.9 Å². The summed E-state index contributed by atoms with van der Waals surface area (Å²) in [5.41, 5.74) is 6.19. The highest BCUT2D eigenvalue weighted by molar-refractivity contribution is 5.68. The molecule has 0 saturated carbocycles. The predicted molar refractivity (Wildman–Crippen MR) is 84.5 cm³/mol. The normalized spacial score (nSPS) is 18.4. The summed E-state index contributed by atoms with van der Waals surface area (Å²) < 4.78 is 38.0. The maximum absolute atomic E-state index is 14.0. The number of benzene rings is 2. The lowest BCUT2D eigenvalue weighted by Gasteiger charge is -2.38. The molecule has 0 fully saturated rings. The molecule has 3 rings (SSSR count). The molecule has 2 aromatic carbocycles. The van der Waals surface area contributed by atoms with Crippen LogP contribution in [0.5, 0.6) is 5.75 Å². The first-order valence-electron chi connectivity index (χ1n) is 7.46. The summed E-state index contributed by atoms with van der Waals surface area (Å²) in [7, 11) is 0. The molecule has 1 heterocycles. The van der Waals surface area contributed by atoms with E-state index in [1.807, 2.05) is 13.8 Å². The fraction of sp³-hybridized carbons (Fsp3) is 0.278. The van der Waals surface area contributed by atoms with E-state index in [4.69, 9.17) is 15.2 Å². The van der Waals surface area contributed by atoms with Gasteiger partial charge in [0.2, 0.25) is 0 Å². The zero-order chi connectivity index (χ0) is 17.5. The Kier molecular flexibility index (Phi) is 3.91. The van der Waals surface area contributed by atoms with Gasteiger partial charge in [0.05, 0.1) is 6.61 Å². The van der Waals surface area contributed by atoms with Crippen LogP contribution >= 0.6 is 0 Å². The highest BCUT2D eigenvalue weighted by atomic mass is 19.1. The molecule has 1 atom stereocenters. The van der Waals surface area contributed by atoms with E-state index < -0.39 is 29.2 Å². The van der Waals surface area contributed by atoms with Crippen LogP contribution in [-0.4, -0.2) is 12.7 Å². The van der Waals surface area contributed by atoms with E-state index in [1.165, 1.54) is 12.1 Å². The lowest BCUT2D eigenvalue weighted by molar-refractivity contribution is -0.0176. The first-order valence-corrected chi connectivity index (χ1v) is 7.46. The molecule has 24 heavy (non-hydrogen) atoms. The molecule has 1 unspecified atom stereocenters. The Hall–Kier alpha value is -2.63. The molecule has 0 spiro atoms. The second-order valence-electron chi connectivity index (χ2n) is 6.47. The molecule has 1 amide bonds. The minimum atomic E-state index is -0.866. The van der Waals surface area contributed by atoms with Crippen LogP contribution in [0, 0.1) is 17.0 Å². The van der Waals surface area contributed by atoms with E-state index in [-0.39, 0.29) is 5.56 Å². The number of halogens is 2. The van der Waals surface area contributed by atoms with Gasteiger partial charge >= 0.3 is 6.09 Å². The molecule has 6 heteroatoms. The number of hydrogen-bond donors (Lipinski definition) is 1. The summed E-state index contributed by atoms with van der Waals surface area (Å²) in [4.78, 5) is 11.2. The smallest absolute Gasteiger partial charge is 0.405 e. The SMILES string of the molecule is CC1(C)COc2cc(-c3ccc(F)cc3F)ccc2C1OC(N)=O. The number of rotatable bonds is 2. The third-order valence-corrected chi connectivity index (χ3v) is 4.08. The number of amides is 1. The number of carbonyl (C=O) groups is 1. The molecule has 2 aromatic rings. The molecular formula is C18H17F2NO3. The van der Waals surface area contributed by atoms with Crippen molar-refractivity contribution in [2.75, 3.05) is 6.61 Å². The maximum atomic E-state index is 14.0. The standard InChI is InChI=1S/C18H17F2NO3/c1-18(2)9-23-15-7-10(12-6-4-11(19)8-14(12)20)3-5-13(15)16(18)24-17(21)22/h3-8,16H,9H2,1-2H3,(H2,21,22). The molecule has 0 bridgehead atoms. The lowest BCUT2D eigenvalue weighted by atomic mass is 9.80. The van der Waals surface area contributed by atoms with E-state index in [0.29, 0.717) is 23.5 Å². The summed E-state index contributed by atoms with van der Waals surface area (Å²) in [6.45, 7) is 4.11. The molecular weight excluding hydrogens is 316 g/mol. The Labute approximate surface area is 138 Å². The minimum Gasteiger partial charge on any atom is -0.492 e. The molecule has 0 aromatic heterocycles. The van der Waals surface area contributed by atoms with Crippen molar-refractivity contribution in [2.24, 2.45) is 11.1 Å². The quantitative estimate of drug-likeness (QED) is 0.896. The molecule has 126 valence electrons. The van der Waals surface area contributed by atoms with E-state index in [9.17, 15) is 13.6 Å². The first-order chi connectivity index (χ1) is 11.3. The van der Waals surface area contributed by atoms with Crippen LogP contribution in [0.4, 0.5) is 13.6 Å². The lowest BCUT2D eigenvalue weighted by Crippen LogP contribution is -2.37. The van der Waals surface area contributed by atoms with Gasteiger partial charge in [0.1, 0.15) is 23.5 Å². The van der Waals surface area contributed by atoms with Crippen molar-refractivity contribution in [3.63, 3.8) is 0 Å². The van der Waals surface area contributed by atoms with Crippen LogP contribution in [0.3, 0.4) is 0 Å². The fourth-order valence-corrected chi connectivity index (χ4v) is 2.87. The van der Waals surface area contributed by atoms with Gasteiger partial charge in [-0.25, -0.2) is 13.6 Å². The van der Waals surface area contributed by atoms with Gasteiger partial charge in [0.25, 0.3) is 0 Å². The van der Waals surface area contributed by atoms with Gasteiger partial charge in [-0.1, -0.05) is 26.0 Å². The number of carbonyl (C=O) groups excluding carboxylic acids is 1. The van der Waals surface area contributed by atoms with Crippen LogP contribution in [-0.2, 0) is 4.74 Å². The van der Waals surface area contributed by atoms with Crippen LogP contribution in [0.15, 0.2) is 36.4 Å². The third-order valence-electron chi connectivity index (χ3n) is 4.08. The minimum absolute atomic E-state index is 0.264. The summed E-state index contributed by atoms with van der Waals surface area (Å²) >= 11 is 0. The fourth-order valence-electron chi connectivity index (χ4n) is 2.87. The van der Waals surface area contributed by atoms with Crippen LogP contribution in [0.1, 0.15) is 25.5 Å². The largest absolute Gasteiger partial charge is 0.492 e. The average molecular weight is 333 g/mol. The molecule has 2 N–H and O–H groups in total. The molecule has 0 aliphatic carbocycles. The highest BCUT2D eigenvalue weighted by Gasteiger charge is 2.40. The number of nitrogens with two attached hydrogens (primary N) is 1. The highest BCUT2D eigenvalue weighted by Crippen LogP contribution is 2.46. The Morgan fingerprint density at radius 2 is 2.00 bits per heavy atom. The molecule has 1 aliphatic heterocycles. The monoisotopic (exact) mass is 333 g/mol. The van der Waals surface area contributed by atoms with Gasteiger partial charge in [-0.05, 0) is 23.8 Å². The predicted octanol–water partition coefficient (Wildman–Crippen LogP) is 4.19. The Morgan fingerprint density at radius 3 is 2.67 bits per heavy atom. The summed E-state index contributed by atoms with van der Waals surface area (Å²) in [5, 5.41) is 0. The summed E-state index contributed by atoms with van der Waals surface area (Å²) in [6, 6.07) is 8.44. The van der Waals surface area contributed by atoms with Crippen LogP contribution < -0.4 is 10.5 Å². The zero-order valence-electron chi connectivity index (χ0n) is 13.3. The second kappa shape index (κ2) is 5.78. The maximum Gasteiger partial charge on any atom is 0.405 e. The van der Waals surface area contributed by atoms with Gasteiger partial charge in [0, 0.05) is 22.6 Å². The topological polar surface area (TPSA) is 61.6 Å². The molecule has 1 aliphatic rings. The zero-order valence-corrected chi connectivity index (χ0v) is 13.3. The first kappa shape index (κ1) is 16.2. The van der Waals surface area contributed by atoms with Gasteiger partial charge in [-0.3, -0.25) is 0 Å². The Bertz CT molecular complexity index is 805. The number of hydrogen-bond acceptors (Lipinski definition) is 3. The third kappa shape index (κ3) is 2.91. The molecule has 4 nitrogen and oxygen atoms in total. The van der Waals surface area contributed by atoms with E-state index >= 15 is 0 Å². The molecule has 0 saturated heterocycles. The summed E-state index contributed by atoms with van der Waals surface area (Å²) in [5.74, 6) is -0.806. The van der Waals surface area contributed by atoms with Crippen molar-refractivity contribution in [3.05, 3.63) is 53.6 Å². The number of fused-ring (bicyclic) bond motifs is 1. The van der Waals surface area contributed by atoms with Crippen molar-refractivity contribution in [2.45, 2.75) is 20.0 Å². The molecule has 0 radical (unpaired) electrons. The van der Waals surface area contributed by atoms with Crippen molar-refractivity contribution in [1.82, 2.24) is 0 Å². The van der Waals surface area contributed by atoms with Crippen molar-refractivity contribution in [1.29, 1.82) is 0 Å². The van der Waals surface area contributed by atoms with E-state index in [1.54, 1.807) is 18.2 Å². The van der Waals surface area contributed by atoms with Crippen molar-refractivity contribution < 1.29 is 23.0 Å².